The fraction of sp³-hybridized carbons (Fsp3) is 0.560. The smallest absolute Gasteiger partial charge is 0.128 e. The van der Waals surface area contributed by atoms with Crippen LogP contribution in [0.4, 0.5) is 5.82 Å². The van der Waals surface area contributed by atoms with Crippen LogP contribution in [0.5, 0.6) is 0 Å². The van der Waals surface area contributed by atoms with E-state index in [1.807, 2.05) is 53.8 Å². The zero-order valence-electron chi connectivity index (χ0n) is 20.9. The third kappa shape index (κ3) is 19.1. The number of aryl methyl sites for hydroxylation is 2. The number of hydrogen-bond acceptors (Lipinski definition) is 4. The highest BCUT2D eigenvalue weighted by atomic mass is 35.5. The minimum Gasteiger partial charge on any atom is -0.373 e. The average Bonchev–Trinajstić information content (AvgIpc) is 2.84. The zero-order valence-corrected chi connectivity index (χ0v) is 22.4. The number of hydrogen-bond donors (Lipinski definition) is 3. The van der Waals surface area contributed by atoms with Gasteiger partial charge < -0.3 is 16.0 Å². The van der Waals surface area contributed by atoms with E-state index in [1.165, 1.54) is 5.56 Å². The molecule has 1 aromatic rings. The van der Waals surface area contributed by atoms with E-state index in [4.69, 9.17) is 23.2 Å². The SMILES string of the molecule is C=C.CC.CC.CC/C(Cl)=C(Cl)\C=C/CCNCNCCCc1ccc(C)c(NC)n1. The van der Waals surface area contributed by atoms with E-state index < -0.39 is 0 Å². The molecule has 0 bridgehead atoms. The van der Waals surface area contributed by atoms with Crippen molar-refractivity contribution >= 4 is 29.0 Å². The van der Waals surface area contributed by atoms with Gasteiger partial charge in [0.2, 0.25) is 0 Å². The van der Waals surface area contributed by atoms with Crippen molar-refractivity contribution in [1.29, 1.82) is 0 Å². The second kappa shape index (κ2) is 26.7. The number of aromatic nitrogens is 1. The third-order valence-corrected chi connectivity index (χ3v) is 4.67. The maximum atomic E-state index is 6.03. The number of rotatable bonds is 12. The molecule has 3 N–H and O–H groups in total. The molecule has 31 heavy (non-hydrogen) atoms. The van der Waals surface area contributed by atoms with Gasteiger partial charge in [0.15, 0.2) is 0 Å². The first-order valence-corrected chi connectivity index (χ1v) is 12.1. The van der Waals surface area contributed by atoms with Gasteiger partial charge in [-0.15, -0.1) is 13.2 Å². The summed E-state index contributed by atoms with van der Waals surface area (Å²) in [6.07, 6.45) is 7.64. The van der Waals surface area contributed by atoms with Gasteiger partial charge in [-0.2, -0.15) is 0 Å². The third-order valence-electron chi connectivity index (χ3n) is 3.75. The monoisotopic (exact) mass is 472 g/mol. The first kappa shape index (κ1) is 34.3. The lowest BCUT2D eigenvalue weighted by Gasteiger charge is -2.08. The van der Waals surface area contributed by atoms with Crippen molar-refractivity contribution in [3.8, 4) is 0 Å². The molecule has 0 aliphatic rings. The van der Waals surface area contributed by atoms with Crippen LogP contribution in [-0.2, 0) is 6.42 Å². The number of nitrogens with zero attached hydrogens (tertiary/aromatic N) is 1. The Morgan fingerprint density at radius 3 is 2.26 bits per heavy atom. The van der Waals surface area contributed by atoms with Gasteiger partial charge in [-0.1, -0.05) is 70.0 Å². The van der Waals surface area contributed by atoms with Crippen molar-refractivity contribution in [1.82, 2.24) is 15.6 Å². The second-order valence-corrected chi connectivity index (χ2v) is 6.66. The summed E-state index contributed by atoms with van der Waals surface area (Å²) in [5, 5.41) is 11.2. The standard InChI is InChI=1S/C19H30Cl2N4.2C2H6.C2H4/c1-4-17(20)18(21)9-5-6-12-23-14-24-13-7-8-16-11-10-15(2)19(22-3)25-16;3*1-2/h5,9-11,23-24H,4,6-8,12-14H2,1-3H3,(H,22,25);2*1-2H3;1-2H2/b9-5-,18-17-;;;. The average molecular weight is 474 g/mol. The lowest BCUT2D eigenvalue weighted by molar-refractivity contribution is 0.571. The van der Waals surface area contributed by atoms with Crippen LogP contribution in [0.1, 0.15) is 65.1 Å². The predicted octanol–water partition coefficient (Wildman–Crippen LogP) is 7.40. The topological polar surface area (TPSA) is 49.0 Å². The quantitative estimate of drug-likeness (QED) is 0.128. The highest BCUT2D eigenvalue weighted by Crippen LogP contribution is 2.18. The Kier molecular flexibility index (Phi) is 29.5. The van der Waals surface area contributed by atoms with Crippen LogP contribution in [0.25, 0.3) is 0 Å². The molecule has 1 rings (SSSR count). The molecule has 0 spiro atoms. The summed E-state index contributed by atoms with van der Waals surface area (Å²) in [6, 6.07) is 4.22. The van der Waals surface area contributed by atoms with Crippen molar-refractivity contribution in [2.45, 2.75) is 67.2 Å². The fourth-order valence-corrected chi connectivity index (χ4v) is 2.54. The Labute approximate surface area is 202 Å². The van der Waals surface area contributed by atoms with E-state index in [0.29, 0.717) is 10.1 Å². The molecule has 0 unspecified atom stereocenters. The van der Waals surface area contributed by atoms with Gasteiger partial charge in [0.25, 0.3) is 0 Å². The highest BCUT2D eigenvalue weighted by Gasteiger charge is 2.00. The molecule has 0 aliphatic carbocycles. The summed E-state index contributed by atoms with van der Waals surface area (Å²) < 4.78 is 0. The van der Waals surface area contributed by atoms with E-state index >= 15 is 0 Å². The molecule has 0 aromatic carbocycles. The van der Waals surface area contributed by atoms with Crippen molar-refractivity contribution in [3.05, 3.63) is 58.8 Å². The molecule has 0 aliphatic heterocycles. The van der Waals surface area contributed by atoms with E-state index in [2.05, 4.69) is 53.1 Å². The van der Waals surface area contributed by atoms with Gasteiger partial charge in [-0.05, 0) is 63.4 Å². The predicted molar refractivity (Wildman–Crippen MR) is 144 cm³/mol. The Morgan fingerprint density at radius 1 is 1.06 bits per heavy atom. The molecule has 0 amide bonds. The largest absolute Gasteiger partial charge is 0.373 e. The Hall–Kier alpha value is -1.33. The van der Waals surface area contributed by atoms with Gasteiger partial charge >= 0.3 is 0 Å². The normalized spacial score (nSPS) is 10.6. The van der Waals surface area contributed by atoms with Crippen LogP contribution in [-0.4, -0.2) is 31.8 Å². The van der Waals surface area contributed by atoms with Gasteiger partial charge in [-0.3, -0.25) is 0 Å². The van der Waals surface area contributed by atoms with Crippen molar-refractivity contribution in [3.63, 3.8) is 0 Å². The van der Waals surface area contributed by atoms with E-state index in [9.17, 15) is 0 Å². The Balaban J connectivity index is -0.00000120. The molecule has 0 atom stereocenters. The maximum Gasteiger partial charge on any atom is 0.128 e. The lowest BCUT2D eigenvalue weighted by atomic mass is 10.2. The summed E-state index contributed by atoms with van der Waals surface area (Å²) in [7, 11) is 1.91. The Bertz CT molecular complexity index is 587. The molecule has 0 saturated carbocycles. The van der Waals surface area contributed by atoms with Crippen LogP contribution in [0, 0.1) is 6.92 Å². The van der Waals surface area contributed by atoms with Crippen LogP contribution >= 0.6 is 23.2 Å². The number of halogens is 2. The van der Waals surface area contributed by atoms with Crippen LogP contribution < -0.4 is 16.0 Å². The summed E-state index contributed by atoms with van der Waals surface area (Å²) in [6.45, 7) is 20.7. The maximum absolute atomic E-state index is 6.03. The van der Waals surface area contributed by atoms with Crippen molar-refractivity contribution in [2.75, 3.05) is 32.1 Å². The van der Waals surface area contributed by atoms with E-state index in [0.717, 1.165) is 57.0 Å². The minimum absolute atomic E-state index is 0.633. The number of allylic oxidation sites excluding steroid dienone is 3. The summed E-state index contributed by atoms with van der Waals surface area (Å²) in [5.41, 5.74) is 2.31. The van der Waals surface area contributed by atoms with Crippen molar-refractivity contribution in [2.24, 2.45) is 0 Å². The van der Waals surface area contributed by atoms with Gasteiger partial charge in [0.1, 0.15) is 5.82 Å². The number of pyridine rings is 1. The highest BCUT2D eigenvalue weighted by molar-refractivity contribution is 6.40. The molecule has 0 saturated heterocycles. The van der Waals surface area contributed by atoms with Crippen molar-refractivity contribution < 1.29 is 0 Å². The van der Waals surface area contributed by atoms with E-state index in [1.54, 1.807) is 0 Å². The molecule has 0 fully saturated rings. The molecular weight excluding hydrogens is 427 g/mol. The molecule has 6 heteroatoms. The van der Waals surface area contributed by atoms with Crippen LogP contribution in [0.3, 0.4) is 0 Å². The molecule has 1 heterocycles. The molecule has 1 aromatic heterocycles. The summed E-state index contributed by atoms with van der Waals surface area (Å²) >= 11 is 12.0. The second-order valence-electron chi connectivity index (χ2n) is 5.80. The van der Waals surface area contributed by atoms with Gasteiger partial charge in [-0.25, -0.2) is 4.98 Å². The number of nitrogens with one attached hydrogen (secondary N) is 3. The van der Waals surface area contributed by atoms with Crippen LogP contribution in [0.2, 0.25) is 0 Å². The molecule has 4 nitrogen and oxygen atoms in total. The molecular formula is C25H46Cl2N4. The zero-order chi connectivity index (χ0) is 24.5. The molecule has 180 valence electrons. The van der Waals surface area contributed by atoms with E-state index in [-0.39, 0.29) is 0 Å². The summed E-state index contributed by atoms with van der Waals surface area (Å²) in [5.74, 6) is 0.968. The van der Waals surface area contributed by atoms with Gasteiger partial charge in [0.05, 0.1) is 5.03 Å². The first-order valence-electron chi connectivity index (χ1n) is 11.3. The minimum atomic E-state index is 0.633. The fourth-order valence-electron chi connectivity index (χ4n) is 2.25. The first-order chi connectivity index (χ1) is 15.1. The number of anilines is 1. The molecule has 0 radical (unpaired) electrons. The lowest BCUT2D eigenvalue weighted by Crippen LogP contribution is -2.30. The Morgan fingerprint density at radius 2 is 1.68 bits per heavy atom. The van der Waals surface area contributed by atoms with Gasteiger partial charge in [0, 0.05) is 24.4 Å². The van der Waals surface area contributed by atoms with Crippen LogP contribution in [0.15, 0.2) is 47.5 Å². The summed E-state index contributed by atoms with van der Waals surface area (Å²) in [4.78, 5) is 4.61.